The van der Waals surface area contributed by atoms with Crippen molar-refractivity contribution in [2.75, 3.05) is 0 Å². The lowest BCUT2D eigenvalue weighted by atomic mass is 10.0. The highest BCUT2D eigenvalue weighted by molar-refractivity contribution is 5.69. The van der Waals surface area contributed by atoms with Crippen LogP contribution < -0.4 is 0 Å². The first-order valence-corrected chi connectivity index (χ1v) is 19.9. The normalized spacial score (nSPS) is 13.0. The van der Waals surface area contributed by atoms with Crippen LogP contribution in [0.3, 0.4) is 0 Å². The number of carboxylic acids is 1. The van der Waals surface area contributed by atoms with Gasteiger partial charge in [-0.3, -0.25) is 9.59 Å². The first-order chi connectivity index (χ1) is 23.6. The van der Waals surface area contributed by atoms with E-state index >= 15 is 0 Å². The highest BCUT2D eigenvalue weighted by atomic mass is 16.5. The Balaban J connectivity index is 3.93. The van der Waals surface area contributed by atoms with Gasteiger partial charge >= 0.3 is 11.9 Å². The molecule has 0 spiro atoms. The highest BCUT2D eigenvalue weighted by Crippen LogP contribution is 2.18. The number of hydrogen-bond acceptors (Lipinski definition) is 3. The molecule has 4 heteroatoms. The molecule has 0 radical (unpaired) electrons. The molecular formula is C44H74O4. The number of aliphatic carboxylic acids is 1. The van der Waals surface area contributed by atoms with E-state index in [2.05, 4.69) is 86.8 Å². The summed E-state index contributed by atoms with van der Waals surface area (Å²) in [4.78, 5) is 23.1. The van der Waals surface area contributed by atoms with E-state index in [4.69, 9.17) is 9.84 Å². The molecule has 1 atom stereocenters. The van der Waals surface area contributed by atoms with Gasteiger partial charge in [0.25, 0.3) is 0 Å². The maximum absolute atomic E-state index is 12.6. The van der Waals surface area contributed by atoms with Crippen LogP contribution in [-0.4, -0.2) is 23.1 Å². The van der Waals surface area contributed by atoms with E-state index in [-0.39, 0.29) is 12.1 Å². The fourth-order valence-corrected chi connectivity index (χ4v) is 5.54. The number of hydrogen-bond donors (Lipinski definition) is 1. The molecule has 1 unspecified atom stereocenters. The standard InChI is InChI=1S/C44H74O4/c1-3-5-7-9-10-11-12-13-14-15-16-17-18-19-20-21-22-27-30-33-37-41-44(47)48-42(38-34-8-6-4-2)39-35-31-28-25-23-24-26-29-32-36-40-43(45)46/h5,7,10-11,13-14,16-17,19-20,22,27,42H,3-4,6,8-9,12,15,18,21,23-26,28-41H2,1-2H3,(H,45,46)/b7-5-,11-10-,14-13-,17-16-,20-19-,27-22-. The molecule has 0 heterocycles. The Hall–Kier alpha value is -2.62. The molecular weight excluding hydrogens is 592 g/mol. The average Bonchev–Trinajstić information content (AvgIpc) is 3.07. The third-order valence-electron chi connectivity index (χ3n) is 8.44. The Morgan fingerprint density at radius 2 is 0.875 bits per heavy atom. The predicted octanol–water partition coefficient (Wildman–Crippen LogP) is 13.9. The summed E-state index contributed by atoms with van der Waals surface area (Å²) in [5.74, 6) is -0.692. The number of carbonyl (C=O) groups excluding carboxylic acids is 1. The van der Waals surface area contributed by atoms with Crippen molar-refractivity contribution in [2.45, 2.75) is 193 Å². The van der Waals surface area contributed by atoms with Crippen LogP contribution in [0.15, 0.2) is 72.9 Å². The molecule has 0 rings (SSSR count). The Bertz CT molecular complexity index is 892. The first-order valence-electron chi connectivity index (χ1n) is 19.9. The van der Waals surface area contributed by atoms with Crippen LogP contribution in [0.25, 0.3) is 0 Å². The van der Waals surface area contributed by atoms with Crippen molar-refractivity contribution in [1.82, 2.24) is 0 Å². The summed E-state index contributed by atoms with van der Waals surface area (Å²) in [6, 6.07) is 0. The van der Waals surface area contributed by atoms with Crippen LogP contribution in [0.5, 0.6) is 0 Å². The molecule has 0 amide bonds. The van der Waals surface area contributed by atoms with Crippen molar-refractivity contribution in [1.29, 1.82) is 0 Å². The lowest BCUT2D eigenvalue weighted by Crippen LogP contribution is -2.18. The van der Waals surface area contributed by atoms with Crippen molar-refractivity contribution in [3.05, 3.63) is 72.9 Å². The second-order valence-electron chi connectivity index (χ2n) is 13.1. The van der Waals surface area contributed by atoms with Crippen molar-refractivity contribution >= 4 is 11.9 Å². The molecule has 4 nitrogen and oxygen atoms in total. The molecule has 0 aliphatic rings. The number of allylic oxidation sites excluding steroid dienone is 12. The largest absolute Gasteiger partial charge is 0.481 e. The maximum Gasteiger partial charge on any atom is 0.306 e. The summed E-state index contributed by atoms with van der Waals surface area (Å²) < 4.78 is 5.96. The van der Waals surface area contributed by atoms with Crippen molar-refractivity contribution in [2.24, 2.45) is 0 Å². The lowest BCUT2D eigenvalue weighted by Gasteiger charge is -2.18. The zero-order valence-corrected chi connectivity index (χ0v) is 31.3. The summed E-state index contributed by atoms with van der Waals surface area (Å²) in [5.41, 5.74) is 0. The Morgan fingerprint density at radius 1 is 0.479 bits per heavy atom. The molecule has 0 aromatic heterocycles. The van der Waals surface area contributed by atoms with Crippen molar-refractivity contribution in [3.8, 4) is 0 Å². The SMILES string of the molecule is CC/C=C\C/C=C\C/C=C\C/C=C\C/C=C\C/C=C\CCCCC(=O)OC(CCCCCC)CCCCCCCCCCCCC(=O)O. The number of ether oxygens (including phenoxy) is 1. The van der Waals surface area contributed by atoms with Gasteiger partial charge in [0.15, 0.2) is 0 Å². The summed E-state index contributed by atoms with van der Waals surface area (Å²) in [7, 11) is 0. The quantitative estimate of drug-likeness (QED) is 0.0415. The van der Waals surface area contributed by atoms with Gasteiger partial charge in [-0.05, 0) is 89.9 Å². The fourth-order valence-electron chi connectivity index (χ4n) is 5.54. The zero-order valence-electron chi connectivity index (χ0n) is 31.3. The minimum Gasteiger partial charge on any atom is -0.481 e. The van der Waals surface area contributed by atoms with Gasteiger partial charge in [0.1, 0.15) is 6.10 Å². The van der Waals surface area contributed by atoms with Gasteiger partial charge < -0.3 is 9.84 Å². The van der Waals surface area contributed by atoms with Crippen LogP contribution in [0.4, 0.5) is 0 Å². The Kier molecular flexibility index (Phi) is 36.7. The van der Waals surface area contributed by atoms with Gasteiger partial charge in [-0.25, -0.2) is 0 Å². The third-order valence-corrected chi connectivity index (χ3v) is 8.44. The van der Waals surface area contributed by atoms with E-state index in [1.165, 1.54) is 57.8 Å². The van der Waals surface area contributed by atoms with Gasteiger partial charge in [-0.2, -0.15) is 0 Å². The second-order valence-corrected chi connectivity index (χ2v) is 13.1. The molecule has 1 N–H and O–H groups in total. The van der Waals surface area contributed by atoms with Gasteiger partial charge in [0.2, 0.25) is 0 Å². The van der Waals surface area contributed by atoms with Gasteiger partial charge in [0.05, 0.1) is 0 Å². The maximum atomic E-state index is 12.6. The monoisotopic (exact) mass is 667 g/mol. The van der Waals surface area contributed by atoms with Gasteiger partial charge in [-0.1, -0.05) is 157 Å². The smallest absolute Gasteiger partial charge is 0.306 e. The second kappa shape index (κ2) is 38.8. The summed E-state index contributed by atoms with van der Waals surface area (Å²) in [6.45, 7) is 4.39. The minimum atomic E-state index is -0.680. The summed E-state index contributed by atoms with van der Waals surface area (Å²) >= 11 is 0. The molecule has 0 aromatic carbocycles. The van der Waals surface area contributed by atoms with Crippen molar-refractivity contribution in [3.63, 3.8) is 0 Å². The number of rotatable bonds is 35. The number of carbonyl (C=O) groups is 2. The molecule has 0 aromatic rings. The molecule has 0 bridgehead atoms. The molecule has 0 aliphatic heterocycles. The molecule has 0 saturated carbocycles. The van der Waals surface area contributed by atoms with Crippen molar-refractivity contribution < 1.29 is 19.4 Å². The molecule has 0 fully saturated rings. The molecule has 0 aliphatic carbocycles. The van der Waals surface area contributed by atoms with Crippen LogP contribution in [0, 0.1) is 0 Å². The number of unbranched alkanes of at least 4 members (excludes halogenated alkanes) is 14. The Labute approximate surface area is 297 Å². The first kappa shape index (κ1) is 45.4. The zero-order chi connectivity index (χ0) is 35.0. The lowest BCUT2D eigenvalue weighted by molar-refractivity contribution is -0.150. The van der Waals surface area contributed by atoms with E-state index in [0.717, 1.165) is 103 Å². The third kappa shape index (κ3) is 37.8. The van der Waals surface area contributed by atoms with E-state index < -0.39 is 5.97 Å². The van der Waals surface area contributed by atoms with E-state index in [0.29, 0.717) is 12.8 Å². The highest BCUT2D eigenvalue weighted by Gasteiger charge is 2.14. The Morgan fingerprint density at radius 3 is 1.33 bits per heavy atom. The van der Waals surface area contributed by atoms with Crippen LogP contribution in [0.1, 0.15) is 187 Å². The topological polar surface area (TPSA) is 63.6 Å². The van der Waals surface area contributed by atoms with Crippen LogP contribution in [-0.2, 0) is 14.3 Å². The fraction of sp³-hybridized carbons (Fsp3) is 0.682. The predicted molar refractivity (Wildman–Crippen MR) is 208 cm³/mol. The van der Waals surface area contributed by atoms with Crippen LogP contribution >= 0.6 is 0 Å². The molecule has 274 valence electrons. The van der Waals surface area contributed by atoms with Crippen LogP contribution in [0.2, 0.25) is 0 Å². The van der Waals surface area contributed by atoms with Gasteiger partial charge in [-0.15, -0.1) is 0 Å². The summed E-state index contributed by atoms with van der Waals surface area (Å²) in [5, 5.41) is 8.70. The number of esters is 1. The molecule has 48 heavy (non-hydrogen) atoms. The summed E-state index contributed by atoms with van der Waals surface area (Å²) in [6.07, 6.45) is 55.2. The van der Waals surface area contributed by atoms with E-state index in [9.17, 15) is 9.59 Å². The van der Waals surface area contributed by atoms with E-state index in [1.54, 1.807) is 0 Å². The number of carboxylic acid groups (broad SMARTS) is 1. The average molecular weight is 667 g/mol. The van der Waals surface area contributed by atoms with E-state index in [1.807, 2.05) is 0 Å². The minimum absolute atomic E-state index is 0.0124. The van der Waals surface area contributed by atoms with Gasteiger partial charge in [0, 0.05) is 12.8 Å². The molecule has 0 saturated heterocycles.